The SMILES string of the molecule is CN1CC[C@H]2[C@@H](C1)c1cc(Br)ccc1N2CC(F)(F)F. The number of likely N-dealkylation sites (tertiary alicyclic amines) is 1. The summed E-state index contributed by atoms with van der Waals surface area (Å²) in [5, 5.41) is 0. The number of hydrogen-bond donors (Lipinski definition) is 0. The predicted octanol–water partition coefficient (Wildman–Crippen LogP) is 3.62. The molecule has 3 rings (SSSR count). The van der Waals surface area contributed by atoms with E-state index in [2.05, 4.69) is 20.8 Å². The Bertz CT molecular complexity index is 518. The molecule has 2 aliphatic rings. The van der Waals surface area contributed by atoms with Crippen molar-refractivity contribution in [3.63, 3.8) is 0 Å². The van der Waals surface area contributed by atoms with Gasteiger partial charge in [-0.2, -0.15) is 13.2 Å². The molecule has 0 aliphatic carbocycles. The summed E-state index contributed by atoms with van der Waals surface area (Å²) in [5.74, 6) is 0.170. The molecule has 2 aliphatic heterocycles. The van der Waals surface area contributed by atoms with Gasteiger partial charge in [-0.1, -0.05) is 15.9 Å². The summed E-state index contributed by atoms with van der Waals surface area (Å²) < 4.78 is 39.5. The number of fused-ring (bicyclic) bond motifs is 3. The highest BCUT2D eigenvalue weighted by Gasteiger charge is 2.45. The second-order valence-electron chi connectivity index (χ2n) is 5.67. The van der Waals surface area contributed by atoms with Crippen LogP contribution in [-0.2, 0) is 0 Å². The van der Waals surface area contributed by atoms with E-state index in [0.29, 0.717) is 0 Å². The van der Waals surface area contributed by atoms with Crippen molar-refractivity contribution in [1.82, 2.24) is 4.90 Å². The van der Waals surface area contributed by atoms with Crippen molar-refractivity contribution in [1.29, 1.82) is 0 Å². The Balaban J connectivity index is 1.99. The molecule has 1 aromatic rings. The van der Waals surface area contributed by atoms with Gasteiger partial charge in [0.1, 0.15) is 6.54 Å². The molecule has 0 saturated carbocycles. The Hall–Kier alpha value is -0.750. The minimum absolute atomic E-state index is 0.0304. The third-order valence-electron chi connectivity index (χ3n) is 4.23. The number of alkyl halides is 3. The second-order valence-corrected chi connectivity index (χ2v) is 6.59. The molecule has 2 nitrogen and oxygen atoms in total. The highest BCUT2D eigenvalue weighted by Crippen LogP contribution is 2.46. The van der Waals surface area contributed by atoms with Gasteiger partial charge in [-0.15, -0.1) is 0 Å². The summed E-state index contributed by atoms with van der Waals surface area (Å²) in [6, 6.07) is 5.58. The summed E-state index contributed by atoms with van der Waals surface area (Å²) in [5.41, 5.74) is 1.79. The summed E-state index contributed by atoms with van der Waals surface area (Å²) in [4.78, 5) is 3.75. The Morgan fingerprint density at radius 2 is 2.10 bits per heavy atom. The van der Waals surface area contributed by atoms with E-state index in [1.54, 1.807) is 4.90 Å². The number of rotatable bonds is 1. The highest BCUT2D eigenvalue weighted by atomic mass is 79.9. The van der Waals surface area contributed by atoms with Gasteiger partial charge in [0, 0.05) is 28.7 Å². The molecule has 6 heteroatoms. The third kappa shape index (κ3) is 2.55. The van der Waals surface area contributed by atoms with Crippen LogP contribution in [0.15, 0.2) is 22.7 Å². The van der Waals surface area contributed by atoms with Crippen molar-refractivity contribution in [2.24, 2.45) is 0 Å². The van der Waals surface area contributed by atoms with Gasteiger partial charge in [-0.3, -0.25) is 0 Å². The fourth-order valence-electron chi connectivity index (χ4n) is 3.44. The zero-order valence-electron chi connectivity index (χ0n) is 11.1. The molecule has 2 atom stereocenters. The van der Waals surface area contributed by atoms with Gasteiger partial charge < -0.3 is 9.80 Å². The van der Waals surface area contributed by atoms with Gasteiger partial charge in [0.05, 0.1) is 0 Å². The number of nitrogens with zero attached hydrogens (tertiary/aromatic N) is 2. The van der Waals surface area contributed by atoms with Crippen molar-refractivity contribution < 1.29 is 13.2 Å². The van der Waals surface area contributed by atoms with E-state index < -0.39 is 12.7 Å². The van der Waals surface area contributed by atoms with E-state index >= 15 is 0 Å². The highest BCUT2D eigenvalue weighted by molar-refractivity contribution is 9.10. The van der Waals surface area contributed by atoms with Gasteiger partial charge in [0.25, 0.3) is 0 Å². The van der Waals surface area contributed by atoms with E-state index in [0.717, 1.165) is 35.2 Å². The summed E-state index contributed by atoms with van der Waals surface area (Å²) >= 11 is 3.42. The molecule has 110 valence electrons. The van der Waals surface area contributed by atoms with Crippen LogP contribution in [0.2, 0.25) is 0 Å². The maximum absolute atomic E-state index is 12.9. The van der Waals surface area contributed by atoms with Crippen LogP contribution in [-0.4, -0.2) is 43.8 Å². The summed E-state index contributed by atoms with van der Waals surface area (Å²) in [6.07, 6.45) is -3.38. The van der Waals surface area contributed by atoms with Crippen molar-refractivity contribution in [2.45, 2.75) is 24.6 Å². The molecule has 0 N–H and O–H groups in total. The second kappa shape index (κ2) is 4.91. The number of piperidine rings is 1. The topological polar surface area (TPSA) is 6.48 Å². The van der Waals surface area contributed by atoms with E-state index in [1.807, 2.05) is 25.2 Å². The molecular formula is C14H16BrF3N2. The Kier molecular flexibility index (Phi) is 3.49. The summed E-state index contributed by atoms with van der Waals surface area (Å²) in [7, 11) is 2.03. The number of hydrogen-bond acceptors (Lipinski definition) is 2. The molecule has 20 heavy (non-hydrogen) atoms. The minimum Gasteiger partial charge on any atom is -0.359 e. The maximum Gasteiger partial charge on any atom is 0.405 e. The van der Waals surface area contributed by atoms with Crippen molar-refractivity contribution in [2.75, 3.05) is 31.6 Å². The average Bonchev–Trinajstić information content (AvgIpc) is 2.61. The fourth-order valence-corrected chi connectivity index (χ4v) is 3.82. The van der Waals surface area contributed by atoms with E-state index in [4.69, 9.17) is 0 Å². The van der Waals surface area contributed by atoms with Gasteiger partial charge >= 0.3 is 6.18 Å². The number of benzene rings is 1. The first kappa shape index (κ1) is 14.2. The molecule has 0 radical (unpaired) electrons. The van der Waals surface area contributed by atoms with Crippen LogP contribution in [0.3, 0.4) is 0 Å². The number of halogens is 4. The van der Waals surface area contributed by atoms with Crippen molar-refractivity contribution >= 4 is 21.6 Å². The van der Waals surface area contributed by atoms with Gasteiger partial charge in [0.2, 0.25) is 0 Å². The van der Waals surface area contributed by atoms with E-state index in [9.17, 15) is 13.2 Å². The zero-order valence-corrected chi connectivity index (χ0v) is 12.7. The summed E-state index contributed by atoms with van der Waals surface area (Å²) in [6.45, 7) is 0.819. The third-order valence-corrected chi connectivity index (χ3v) is 4.72. The Morgan fingerprint density at radius 3 is 2.80 bits per heavy atom. The van der Waals surface area contributed by atoms with E-state index in [1.165, 1.54) is 0 Å². The molecule has 1 fully saturated rings. The maximum atomic E-state index is 12.9. The minimum atomic E-state index is -4.16. The van der Waals surface area contributed by atoms with Crippen molar-refractivity contribution in [3.05, 3.63) is 28.2 Å². The predicted molar refractivity (Wildman–Crippen MR) is 76.2 cm³/mol. The Labute approximate surface area is 124 Å². The number of anilines is 1. The normalized spacial score (nSPS) is 26.6. The average molecular weight is 349 g/mol. The molecule has 0 bridgehead atoms. The van der Waals surface area contributed by atoms with Crippen LogP contribution in [0.4, 0.5) is 18.9 Å². The largest absolute Gasteiger partial charge is 0.405 e. The van der Waals surface area contributed by atoms with Crippen LogP contribution >= 0.6 is 15.9 Å². The zero-order chi connectivity index (χ0) is 14.5. The molecule has 0 aromatic heterocycles. The first-order valence-electron chi connectivity index (χ1n) is 6.66. The first-order chi connectivity index (χ1) is 9.35. The standard InChI is InChI=1S/C14H16BrF3N2/c1-19-5-4-13-11(7-19)10-6-9(15)2-3-12(10)20(13)8-14(16,17)18/h2-3,6,11,13H,4-5,7-8H2,1H3/t11-,13-/m0/s1. The van der Waals surface area contributed by atoms with Gasteiger partial charge in [0.15, 0.2) is 0 Å². The van der Waals surface area contributed by atoms with Crippen LogP contribution in [0.5, 0.6) is 0 Å². The lowest BCUT2D eigenvalue weighted by molar-refractivity contribution is -0.120. The quantitative estimate of drug-likeness (QED) is 0.764. The molecule has 1 aromatic carbocycles. The molecular weight excluding hydrogens is 333 g/mol. The Morgan fingerprint density at radius 1 is 1.35 bits per heavy atom. The van der Waals surface area contributed by atoms with Crippen molar-refractivity contribution in [3.8, 4) is 0 Å². The van der Waals surface area contributed by atoms with Crippen LogP contribution < -0.4 is 4.90 Å². The fraction of sp³-hybridized carbons (Fsp3) is 0.571. The molecule has 0 spiro atoms. The lowest BCUT2D eigenvalue weighted by Crippen LogP contribution is -2.47. The van der Waals surface area contributed by atoms with Gasteiger partial charge in [-0.05, 0) is 43.8 Å². The monoisotopic (exact) mass is 348 g/mol. The molecule has 0 amide bonds. The molecule has 1 saturated heterocycles. The smallest absolute Gasteiger partial charge is 0.359 e. The van der Waals surface area contributed by atoms with Crippen LogP contribution in [0.1, 0.15) is 17.9 Å². The lowest BCUT2D eigenvalue weighted by atomic mass is 9.89. The van der Waals surface area contributed by atoms with Crippen LogP contribution in [0, 0.1) is 0 Å². The number of likely N-dealkylation sites (N-methyl/N-ethyl adjacent to an activating group) is 1. The van der Waals surface area contributed by atoms with Crippen LogP contribution in [0.25, 0.3) is 0 Å². The van der Waals surface area contributed by atoms with E-state index in [-0.39, 0.29) is 12.0 Å². The molecule has 0 unspecified atom stereocenters. The molecule has 2 heterocycles. The van der Waals surface area contributed by atoms with Gasteiger partial charge in [-0.25, -0.2) is 0 Å². The lowest BCUT2D eigenvalue weighted by Gasteiger charge is -2.37. The first-order valence-corrected chi connectivity index (χ1v) is 7.46.